The Bertz CT molecular complexity index is 764. The van der Waals surface area contributed by atoms with Crippen molar-refractivity contribution in [2.75, 3.05) is 0 Å². The van der Waals surface area contributed by atoms with Crippen LogP contribution in [0.1, 0.15) is 74.1 Å². The lowest BCUT2D eigenvalue weighted by molar-refractivity contribution is -0.154. The van der Waals surface area contributed by atoms with Crippen molar-refractivity contribution in [3.63, 3.8) is 0 Å². The van der Waals surface area contributed by atoms with E-state index in [9.17, 15) is 4.79 Å². The largest absolute Gasteiger partial charge is 0.460 e. The summed E-state index contributed by atoms with van der Waals surface area (Å²) in [6, 6.07) is 21.5. The second kappa shape index (κ2) is 10.6. The van der Waals surface area contributed by atoms with Crippen molar-refractivity contribution < 1.29 is 14.0 Å². The van der Waals surface area contributed by atoms with Crippen LogP contribution < -0.4 is 10.4 Å². The normalized spacial score (nSPS) is 13.6. The first kappa shape index (κ1) is 25.3. The first-order valence-electron chi connectivity index (χ1n) is 11.5. The van der Waals surface area contributed by atoms with Gasteiger partial charge in [-0.2, -0.15) is 0 Å². The molecule has 0 aliphatic heterocycles. The van der Waals surface area contributed by atoms with Crippen LogP contribution in [0.2, 0.25) is 5.04 Å². The van der Waals surface area contributed by atoms with Crippen LogP contribution >= 0.6 is 0 Å². The first-order chi connectivity index (χ1) is 14.5. The summed E-state index contributed by atoms with van der Waals surface area (Å²) in [5.74, 6) is -0.118. The molecule has 4 heteroatoms. The van der Waals surface area contributed by atoms with Gasteiger partial charge in [0.2, 0.25) is 0 Å². The third-order valence-corrected chi connectivity index (χ3v) is 10.6. The molecule has 0 radical (unpaired) electrons. The maximum atomic E-state index is 12.0. The monoisotopic (exact) mass is 440 g/mol. The fraction of sp³-hybridized carbons (Fsp3) is 0.519. The van der Waals surface area contributed by atoms with Gasteiger partial charge in [0.05, 0.1) is 0 Å². The van der Waals surface area contributed by atoms with E-state index in [1.807, 2.05) is 20.8 Å². The number of rotatable bonds is 9. The number of carbonyl (C=O) groups is 1. The van der Waals surface area contributed by atoms with Crippen molar-refractivity contribution in [1.29, 1.82) is 0 Å². The molecule has 0 unspecified atom stereocenters. The number of esters is 1. The van der Waals surface area contributed by atoms with E-state index in [1.165, 1.54) is 10.4 Å². The van der Waals surface area contributed by atoms with Gasteiger partial charge in [0, 0.05) is 12.5 Å². The zero-order valence-electron chi connectivity index (χ0n) is 20.4. The molecule has 0 bridgehead atoms. The lowest BCUT2D eigenvalue weighted by atomic mass is 10.1. The van der Waals surface area contributed by atoms with E-state index >= 15 is 0 Å². The Balaban J connectivity index is 2.16. The molecule has 0 saturated heterocycles. The molecule has 31 heavy (non-hydrogen) atoms. The highest BCUT2D eigenvalue weighted by atomic mass is 28.4. The average Bonchev–Trinajstić information content (AvgIpc) is 2.68. The smallest absolute Gasteiger partial charge is 0.306 e. The molecule has 2 aromatic carbocycles. The Kier molecular flexibility index (Phi) is 8.67. The van der Waals surface area contributed by atoms with E-state index in [2.05, 4.69) is 88.4 Å². The molecule has 0 fully saturated rings. The molecule has 1 atom stereocenters. The fourth-order valence-electron chi connectivity index (χ4n) is 4.15. The van der Waals surface area contributed by atoms with E-state index in [1.54, 1.807) is 0 Å². The molecule has 3 nitrogen and oxygen atoms in total. The second-order valence-electron chi connectivity index (χ2n) is 10.4. The maximum Gasteiger partial charge on any atom is 0.306 e. The van der Waals surface area contributed by atoms with Gasteiger partial charge in [0.25, 0.3) is 8.32 Å². The molecule has 0 spiro atoms. The molecule has 0 aromatic heterocycles. The summed E-state index contributed by atoms with van der Waals surface area (Å²) in [7, 11) is -2.52. The average molecular weight is 441 g/mol. The standard InChI is InChI=1S/C27H40O3Si/c1-22(16-14-15-21-25(28)29-26(2,3)4)30-31(27(5,6)7,23-17-10-8-11-18-23)24-19-12-9-13-20-24/h8-13,17-20,22H,14-16,21H2,1-7H3/t22-/m1/s1. The Morgan fingerprint density at radius 3 is 1.74 bits per heavy atom. The van der Waals surface area contributed by atoms with Gasteiger partial charge in [0.15, 0.2) is 0 Å². The maximum absolute atomic E-state index is 12.0. The SMILES string of the molecule is C[C@H](CCCCC(=O)OC(C)(C)C)O[Si](c1ccccc1)(c1ccccc1)C(C)(C)C. The number of hydrogen-bond donors (Lipinski definition) is 0. The van der Waals surface area contributed by atoms with Gasteiger partial charge >= 0.3 is 5.97 Å². The van der Waals surface area contributed by atoms with Crippen molar-refractivity contribution in [2.45, 2.75) is 90.9 Å². The van der Waals surface area contributed by atoms with E-state index in [0.717, 1.165) is 19.3 Å². The molecule has 0 amide bonds. The predicted octanol–water partition coefficient (Wildman–Crippen LogP) is 5.85. The van der Waals surface area contributed by atoms with Crippen LogP contribution in [0.3, 0.4) is 0 Å². The highest BCUT2D eigenvalue weighted by molar-refractivity contribution is 6.99. The minimum atomic E-state index is -2.52. The van der Waals surface area contributed by atoms with E-state index in [4.69, 9.17) is 9.16 Å². The summed E-state index contributed by atoms with van der Waals surface area (Å²) in [4.78, 5) is 12.0. The zero-order chi connectivity index (χ0) is 23.1. The molecular weight excluding hydrogens is 400 g/mol. The third-order valence-electron chi connectivity index (χ3n) is 5.46. The summed E-state index contributed by atoms with van der Waals surface area (Å²) >= 11 is 0. The van der Waals surface area contributed by atoms with Gasteiger partial charge in [-0.15, -0.1) is 0 Å². The van der Waals surface area contributed by atoms with Gasteiger partial charge < -0.3 is 9.16 Å². The molecule has 2 rings (SSSR count). The van der Waals surface area contributed by atoms with Gasteiger partial charge in [-0.3, -0.25) is 4.79 Å². The number of hydrogen-bond acceptors (Lipinski definition) is 3. The molecule has 0 saturated carbocycles. The van der Waals surface area contributed by atoms with Crippen molar-refractivity contribution in [2.24, 2.45) is 0 Å². The molecule has 2 aromatic rings. The minimum Gasteiger partial charge on any atom is -0.460 e. The van der Waals surface area contributed by atoms with Crippen molar-refractivity contribution >= 4 is 24.7 Å². The van der Waals surface area contributed by atoms with Gasteiger partial charge in [-0.25, -0.2) is 0 Å². The van der Waals surface area contributed by atoms with Crippen LogP contribution in [-0.4, -0.2) is 26.0 Å². The Labute approximate surface area is 190 Å². The summed E-state index contributed by atoms with van der Waals surface area (Å²) in [5.41, 5.74) is -0.420. The highest BCUT2D eigenvalue weighted by Crippen LogP contribution is 2.37. The van der Waals surface area contributed by atoms with Crippen molar-refractivity contribution in [3.05, 3.63) is 60.7 Å². The molecule has 0 heterocycles. The predicted molar refractivity (Wildman–Crippen MR) is 132 cm³/mol. The third kappa shape index (κ3) is 7.05. The highest BCUT2D eigenvalue weighted by Gasteiger charge is 2.50. The first-order valence-corrected chi connectivity index (χ1v) is 13.4. The Hall–Kier alpha value is -1.91. The molecule has 170 valence electrons. The van der Waals surface area contributed by atoms with Crippen LogP contribution in [-0.2, 0) is 14.0 Å². The van der Waals surface area contributed by atoms with Crippen molar-refractivity contribution in [1.82, 2.24) is 0 Å². The van der Waals surface area contributed by atoms with Crippen LogP contribution in [0, 0.1) is 0 Å². The molecule has 0 aliphatic carbocycles. The molecule has 0 N–H and O–H groups in total. The van der Waals surface area contributed by atoms with Gasteiger partial charge in [-0.1, -0.05) is 87.9 Å². The van der Waals surface area contributed by atoms with Crippen LogP contribution in [0.15, 0.2) is 60.7 Å². The van der Waals surface area contributed by atoms with Gasteiger partial charge in [-0.05, 0) is 55.9 Å². The van der Waals surface area contributed by atoms with Gasteiger partial charge in [0.1, 0.15) is 5.60 Å². The summed E-state index contributed by atoms with van der Waals surface area (Å²) in [5, 5.41) is 2.57. The summed E-state index contributed by atoms with van der Waals surface area (Å²) in [6.45, 7) is 14.8. The number of unbranched alkanes of at least 4 members (excludes halogenated alkanes) is 1. The second-order valence-corrected chi connectivity index (χ2v) is 14.7. The van der Waals surface area contributed by atoms with E-state index in [0.29, 0.717) is 6.42 Å². The van der Waals surface area contributed by atoms with E-state index < -0.39 is 13.9 Å². The number of ether oxygens (including phenoxy) is 1. The number of benzene rings is 2. The van der Waals surface area contributed by atoms with Crippen molar-refractivity contribution in [3.8, 4) is 0 Å². The van der Waals surface area contributed by atoms with Crippen LogP contribution in [0.25, 0.3) is 0 Å². The lowest BCUT2D eigenvalue weighted by Gasteiger charge is -2.44. The van der Waals surface area contributed by atoms with E-state index in [-0.39, 0.29) is 17.1 Å². The Morgan fingerprint density at radius 1 is 0.839 bits per heavy atom. The number of carbonyl (C=O) groups excluding carboxylic acids is 1. The van der Waals surface area contributed by atoms with Crippen LogP contribution in [0.4, 0.5) is 0 Å². The zero-order valence-corrected chi connectivity index (χ0v) is 21.4. The lowest BCUT2D eigenvalue weighted by Crippen LogP contribution is -2.67. The minimum absolute atomic E-state index is 0.0273. The summed E-state index contributed by atoms with van der Waals surface area (Å²) < 4.78 is 12.5. The topological polar surface area (TPSA) is 35.5 Å². The quantitative estimate of drug-likeness (QED) is 0.279. The Morgan fingerprint density at radius 2 is 1.32 bits per heavy atom. The molecular formula is C27H40O3Si. The van der Waals surface area contributed by atoms with Crippen LogP contribution in [0.5, 0.6) is 0 Å². The summed E-state index contributed by atoms with van der Waals surface area (Å²) in [6.07, 6.45) is 3.25. The fourth-order valence-corrected chi connectivity index (χ4v) is 8.88. The molecule has 0 aliphatic rings.